The molecule has 16 heavy (non-hydrogen) atoms. The Morgan fingerprint density at radius 2 is 2.06 bits per heavy atom. The third kappa shape index (κ3) is 4.13. The second-order valence-corrected chi connectivity index (χ2v) is 4.25. The van der Waals surface area contributed by atoms with E-state index in [4.69, 9.17) is 4.74 Å². The summed E-state index contributed by atoms with van der Waals surface area (Å²) in [5.41, 5.74) is -0.249. The Hall–Kier alpha value is -1.84. The highest BCUT2D eigenvalue weighted by Gasteiger charge is 2.18. The number of nitrogens with one attached hydrogen (secondary N) is 1. The summed E-state index contributed by atoms with van der Waals surface area (Å²) in [6.45, 7) is 5.19. The molecule has 1 N–H and O–H groups in total. The molecule has 1 aromatic rings. The van der Waals surface area contributed by atoms with Gasteiger partial charge in [0.25, 0.3) is 5.91 Å². The summed E-state index contributed by atoms with van der Waals surface area (Å²) in [4.78, 5) is 22.8. The van der Waals surface area contributed by atoms with E-state index in [1.807, 2.05) is 0 Å². The summed E-state index contributed by atoms with van der Waals surface area (Å²) in [5, 5.41) is 2.13. The fourth-order valence-corrected chi connectivity index (χ4v) is 1.00. The van der Waals surface area contributed by atoms with E-state index in [0.717, 1.165) is 0 Å². The van der Waals surface area contributed by atoms with Crippen molar-refractivity contribution >= 4 is 12.0 Å². The quantitative estimate of drug-likeness (QED) is 0.789. The largest absolute Gasteiger partial charge is 0.444 e. The van der Waals surface area contributed by atoms with Gasteiger partial charge in [0.15, 0.2) is 0 Å². The van der Waals surface area contributed by atoms with E-state index < -0.39 is 17.6 Å². The smallest absolute Gasteiger partial charge is 0.414 e. The molecule has 1 aromatic carbocycles. The minimum Gasteiger partial charge on any atom is -0.444 e. The number of alkyl carbamates (subject to hydrolysis) is 1. The van der Waals surface area contributed by atoms with Gasteiger partial charge in [-0.2, -0.15) is 0 Å². The molecule has 1 radical (unpaired) electrons. The first-order valence-corrected chi connectivity index (χ1v) is 4.89. The van der Waals surface area contributed by atoms with Crippen LogP contribution < -0.4 is 5.32 Å². The Bertz CT molecular complexity index is 379. The van der Waals surface area contributed by atoms with Crippen molar-refractivity contribution in [1.82, 2.24) is 5.32 Å². The third-order valence-electron chi connectivity index (χ3n) is 1.58. The number of rotatable bonds is 1. The predicted molar refractivity (Wildman–Crippen MR) is 59.0 cm³/mol. The standard InChI is InChI=1S/C12H14NO3/c1-12(2,3)16-11(15)13-10(14)9-7-5-4-6-8-9/h4-5,7-8H,1-3H3,(H,13,14,15). The summed E-state index contributed by atoms with van der Waals surface area (Å²) in [6.07, 6.45) is -0.749. The maximum absolute atomic E-state index is 11.5. The molecule has 0 spiro atoms. The maximum Gasteiger partial charge on any atom is 0.414 e. The van der Waals surface area contributed by atoms with Crippen molar-refractivity contribution in [3.05, 3.63) is 35.9 Å². The van der Waals surface area contributed by atoms with Crippen molar-refractivity contribution in [2.24, 2.45) is 0 Å². The minimum atomic E-state index is -0.749. The number of ether oxygens (including phenoxy) is 1. The Balaban J connectivity index is 2.56. The van der Waals surface area contributed by atoms with E-state index in [0.29, 0.717) is 5.56 Å². The van der Waals surface area contributed by atoms with Gasteiger partial charge in [-0.3, -0.25) is 10.1 Å². The van der Waals surface area contributed by atoms with Gasteiger partial charge >= 0.3 is 6.09 Å². The van der Waals surface area contributed by atoms with E-state index in [2.05, 4.69) is 11.4 Å². The van der Waals surface area contributed by atoms with Crippen LogP contribution in [0.1, 0.15) is 31.1 Å². The van der Waals surface area contributed by atoms with E-state index in [1.165, 1.54) is 6.07 Å². The Labute approximate surface area is 94.6 Å². The van der Waals surface area contributed by atoms with Crippen molar-refractivity contribution in [2.45, 2.75) is 26.4 Å². The molecule has 0 saturated heterocycles. The number of carbonyl (C=O) groups is 2. The van der Waals surface area contributed by atoms with Crippen LogP contribution in [0.2, 0.25) is 0 Å². The zero-order chi connectivity index (χ0) is 12.2. The van der Waals surface area contributed by atoms with Gasteiger partial charge in [0.05, 0.1) is 0 Å². The third-order valence-corrected chi connectivity index (χ3v) is 1.58. The molecule has 0 heterocycles. The lowest BCUT2D eigenvalue weighted by Gasteiger charge is -2.19. The van der Waals surface area contributed by atoms with Gasteiger partial charge in [-0.05, 0) is 39.0 Å². The van der Waals surface area contributed by atoms with Crippen LogP contribution in [0.25, 0.3) is 0 Å². The van der Waals surface area contributed by atoms with E-state index >= 15 is 0 Å². The van der Waals surface area contributed by atoms with Gasteiger partial charge in [-0.25, -0.2) is 4.79 Å². The summed E-state index contributed by atoms with van der Waals surface area (Å²) in [5.74, 6) is -0.494. The predicted octanol–water partition coefficient (Wildman–Crippen LogP) is 2.15. The lowest BCUT2D eigenvalue weighted by atomic mass is 10.2. The minimum absolute atomic E-state index is 0.369. The van der Waals surface area contributed by atoms with Crippen LogP contribution >= 0.6 is 0 Å². The first-order valence-electron chi connectivity index (χ1n) is 4.89. The molecule has 85 valence electrons. The number of hydrogen-bond donors (Lipinski definition) is 1. The molecule has 0 fully saturated rings. The zero-order valence-corrected chi connectivity index (χ0v) is 9.53. The van der Waals surface area contributed by atoms with Gasteiger partial charge in [0, 0.05) is 5.56 Å². The van der Waals surface area contributed by atoms with E-state index in [1.54, 1.807) is 39.0 Å². The normalized spacial score (nSPS) is 10.7. The molecule has 4 heteroatoms. The Morgan fingerprint density at radius 1 is 1.38 bits per heavy atom. The molecule has 0 aliphatic heterocycles. The molecule has 0 aliphatic carbocycles. The number of benzene rings is 1. The molecule has 0 unspecified atom stereocenters. The highest BCUT2D eigenvalue weighted by molar-refractivity contribution is 6.02. The first kappa shape index (κ1) is 12.2. The van der Waals surface area contributed by atoms with Crippen LogP contribution in [-0.2, 0) is 4.74 Å². The van der Waals surface area contributed by atoms with Crippen LogP contribution in [0.15, 0.2) is 24.3 Å². The summed E-state index contributed by atoms with van der Waals surface area (Å²) >= 11 is 0. The van der Waals surface area contributed by atoms with Crippen LogP contribution in [0.3, 0.4) is 0 Å². The van der Waals surface area contributed by atoms with Crippen molar-refractivity contribution in [1.29, 1.82) is 0 Å². The first-order chi connectivity index (χ1) is 7.38. The molecule has 0 aliphatic rings. The molecular formula is C12H14NO3. The Morgan fingerprint density at radius 3 is 2.56 bits per heavy atom. The fourth-order valence-electron chi connectivity index (χ4n) is 1.00. The topological polar surface area (TPSA) is 55.4 Å². The van der Waals surface area contributed by atoms with Gasteiger partial charge in [-0.15, -0.1) is 0 Å². The lowest BCUT2D eigenvalue weighted by Crippen LogP contribution is -2.36. The number of carbonyl (C=O) groups excluding carboxylic acids is 2. The van der Waals surface area contributed by atoms with Crippen molar-refractivity contribution < 1.29 is 14.3 Å². The van der Waals surface area contributed by atoms with Crippen molar-refractivity contribution in [2.75, 3.05) is 0 Å². The van der Waals surface area contributed by atoms with Crippen molar-refractivity contribution in [3.8, 4) is 0 Å². The SMILES string of the molecule is CC(C)(C)OC(=O)NC(=O)c1c[c]ccc1. The molecule has 2 amide bonds. The Kier molecular flexibility index (Phi) is 3.66. The molecule has 4 nitrogen and oxygen atoms in total. The molecule has 0 atom stereocenters. The van der Waals surface area contributed by atoms with Crippen molar-refractivity contribution in [3.63, 3.8) is 0 Å². The highest BCUT2D eigenvalue weighted by Crippen LogP contribution is 2.07. The molecule has 1 rings (SSSR count). The molecular weight excluding hydrogens is 206 g/mol. The van der Waals surface area contributed by atoms with E-state index in [9.17, 15) is 9.59 Å². The maximum atomic E-state index is 11.5. The number of imide groups is 1. The van der Waals surface area contributed by atoms with Crippen LogP contribution in [0.4, 0.5) is 4.79 Å². The van der Waals surface area contributed by atoms with Gasteiger partial charge in [0.2, 0.25) is 0 Å². The fraction of sp³-hybridized carbons (Fsp3) is 0.333. The lowest BCUT2D eigenvalue weighted by molar-refractivity contribution is 0.0508. The van der Waals surface area contributed by atoms with Crippen LogP contribution in [-0.4, -0.2) is 17.6 Å². The second-order valence-electron chi connectivity index (χ2n) is 4.25. The molecule has 0 saturated carbocycles. The molecule has 0 aromatic heterocycles. The average molecular weight is 220 g/mol. The van der Waals surface area contributed by atoms with Crippen LogP contribution in [0.5, 0.6) is 0 Å². The van der Waals surface area contributed by atoms with E-state index in [-0.39, 0.29) is 0 Å². The van der Waals surface area contributed by atoms with Crippen LogP contribution in [0, 0.1) is 6.07 Å². The summed E-state index contributed by atoms with van der Waals surface area (Å²) in [7, 11) is 0. The summed E-state index contributed by atoms with van der Waals surface area (Å²) < 4.78 is 4.95. The molecule has 0 bridgehead atoms. The summed E-state index contributed by atoms with van der Waals surface area (Å²) in [6, 6.07) is 9.19. The second kappa shape index (κ2) is 4.79. The number of hydrogen-bond acceptors (Lipinski definition) is 3. The zero-order valence-electron chi connectivity index (χ0n) is 9.53. The van der Waals surface area contributed by atoms with Gasteiger partial charge in [0.1, 0.15) is 5.60 Å². The number of amides is 2. The van der Waals surface area contributed by atoms with Gasteiger partial charge < -0.3 is 4.74 Å². The highest BCUT2D eigenvalue weighted by atomic mass is 16.6. The average Bonchev–Trinajstić information content (AvgIpc) is 2.16. The van der Waals surface area contributed by atoms with Gasteiger partial charge in [-0.1, -0.05) is 12.1 Å². The monoisotopic (exact) mass is 220 g/mol.